The van der Waals surface area contributed by atoms with Gasteiger partial charge in [0.25, 0.3) is 6.33 Å². The van der Waals surface area contributed by atoms with E-state index in [0.717, 1.165) is 61.7 Å². The van der Waals surface area contributed by atoms with Crippen molar-refractivity contribution < 1.29 is 9.30 Å². The fraction of sp³-hybridized carbons (Fsp3) is 0.211. The Labute approximate surface area is 477 Å². The van der Waals surface area contributed by atoms with Crippen LogP contribution in [0.1, 0.15) is 105 Å². The number of hydrogen-bond acceptors (Lipinski definition) is 2. The van der Waals surface area contributed by atoms with Crippen molar-refractivity contribution in [2.45, 2.75) is 105 Å². The van der Waals surface area contributed by atoms with Crippen LogP contribution in [0.5, 0.6) is 11.5 Å². The summed E-state index contributed by atoms with van der Waals surface area (Å²) in [6.45, 7) is 27.8. The summed E-state index contributed by atoms with van der Waals surface area (Å²) >= 11 is 0. The maximum Gasteiger partial charge on any atom is 0.255 e. The molecule has 0 spiro atoms. The van der Waals surface area contributed by atoms with E-state index in [-0.39, 0.29) is 21.7 Å². The molecule has 0 bridgehead atoms. The van der Waals surface area contributed by atoms with Crippen LogP contribution in [0.25, 0.3) is 106 Å². The minimum absolute atomic E-state index is 0.0325. The van der Waals surface area contributed by atoms with Gasteiger partial charge in [-0.2, -0.15) is 9.13 Å². The summed E-state index contributed by atoms with van der Waals surface area (Å²) in [5.74, 6) is 2.38. The maximum absolute atomic E-state index is 6.99. The van der Waals surface area contributed by atoms with Gasteiger partial charge in [0.1, 0.15) is 28.7 Å². The second-order valence-electron chi connectivity index (χ2n) is 26.5. The third kappa shape index (κ3) is 9.13. The number of pyridine rings is 1. The Morgan fingerprint density at radius 1 is 0.370 bits per heavy atom. The smallest absolute Gasteiger partial charge is 0.255 e. The molecular weight excluding hydrogens is 985 g/mol. The summed E-state index contributed by atoms with van der Waals surface area (Å²) in [7, 11) is 0. The van der Waals surface area contributed by atoms with Gasteiger partial charge in [-0.1, -0.05) is 198 Å². The minimum Gasteiger partial charge on any atom is -0.457 e. The van der Waals surface area contributed by atoms with Gasteiger partial charge in [0, 0.05) is 45.8 Å². The monoisotopic (exact) mass is 1060 g/mol. The highest BCUT2D eigenvalue weighted by Crippen LogP contribution is 2.49. The fourth-order valence-corrected chi connectivity index (χ4v) is 12.1. The average molecular weight is 1060 g/mol. The zero-order chi connectivity index (χ0) is 56.3. The molecule has 1 aliphatic heterocycles. The van der Waals surface area contributed by atoms with Crippen molar-refractivity contribution in [1.29, 1.82) is 0 Å². The summed E-state index contributed by atoms with van der Waals surface area (Å²) in [5, 5.41) is 2.32. The van der Waals surface area contributed by atoms with Gasteiger partial charge in [0.2, 0.25) is 0 Å². The first-order valence-corrected chi connectivity index (χ1v) is 28.7. The van der Waals surface area contributed by atoms with Crippen LogP contribution in [0, 0.1) is 0 Å². The number of nitrogens with zero attached hydrogens (tertiary/aromatic N) is 4. The molecule has 0 N–H and O–H groups in total. The first-order chi connectivity index (χ1) is 38.7. The molecule has 0 amide bonds. The lowest BCUT2D eigenvalue weighted by Gasteiger charge is -2.28. The van der Waals surface area contributed by atoms with Crippen LogP contribution in [0.3, 0.4) is 0 Å². The van der Waals surface area contributed by atoms with E-state index in [1.807, 2.05) is 6.20 Å². The number of hydrogen-bond donors (Lipinski definition) is 0. The molecule has 0 radical (unpaired) electrons. The quantitative estimate of drug-likeness (QED) is 0.156. The third-order valence-electron chi connectivity index (χ3n) is 16.7. The number of rotatable bonds is 6. The van der Waals surface area contributed by atoms with Crippen LogP contribution in [0.4, 0.5) is 0 Å². The molecule has 1 aliphatic rings. The molecule has 400 valence electrons. The molecule has 5 nitrogen and oxygen atoms in total. The summed E-state index contributed by atoms with van der Waals surface area (Å²) < 4.78 is 14.1. The third-order valence-corrected chi connectivity index (χ3v) is 16.7. The van der Waals surface area contributed by atoms with E-state index < -0.39 is 0 Å². The Morgan fingerprint density at radius 2 is 0.963 bits per heavy atom. The number of ether oxygens (including phenoxy) is 1. The molecule has 4 heterocycles. The second-order valence-corrected chi connectivity index (χ2v) is 26.5. The van der Waals surface area contributed by atoms with E-state index in [4.69, 9.17) is 9.72 Å². The molecule has 3 aromatic heterocycles. The Kier molecular flexibility index (Phi) is 12.1. The van der Waals surface area contributed by atoms with Crippen molar-refractivity contribution in [3.63, 3.8) is 0 Å². The van der Waals surface area contributed by atoms with Crippen molar-refractivity contribution in [2.24, 2.45) is 0 Å². The van der Waals surface area contributed by atoms with Crippen LogP contribution < -0.4 is 9.30 Å². The molecule has 0 atom stereocenters. The predicted molar refractivity (Wildman–Crippen MR) is 339 cm³/mol. The van der Waals surface area contributed by atoms with Gasteiger partial charge in [-0.25, -0.2) is 4.98 Å². The van der Waals surface area contributed by atoms with Gasteiger partial charge in [0.15, 0.2) is 11.0 Å². The largest absolute Gasteiger partial charge is 0.457 e. The van der Waals surface area contributed by atoms with Gasteiger partial charge >= 0.3 is 0 Å². The summed E-state index contributed by atoms with van der Waals surface area (Å²) in [6, 6.07) is 74.1. The van der Waals surface area contributed by atoms with E-state index >= 15 is 0 Å². The SMILES string of the molecule is CC(C)(C)c1cc(-c2cc(C(C)(C)C)cc3c2-[n+]2cn(-c4cccc(Oc5ccc6c7ccccc7n(-c7cc(C(C)(C)C)ccn7)c6c5)c4)c4cccc(c42)-c2ccc(-c4ccccc4)cc2-c2ccccc2-3)cc(C(C)(C)C)c1. The highest BCUT2D eigenvalue weighted by atomic mass is 16.5. The molecule has 0 saturated heterocycles. The van der Waals surface area contributed by atoms with Crippen LogP contribution >= 0.6 is 0 Å². The fourth-order valence-electron chi connectivity index (χ4n) is 12.1. The molecular formula is C76H71N4O+. The first-order valence-electron chi connectivity index (χ1n) is 28.7. The molecule has 0 aliphatic carbocycles. The van der Waals surface area contributed by atoms with Crippen molar-refractivity contribution in [3.8, 4) is 84.3 Å². The number of imidazole rings is 1. The molecule has 9 aromatic carbocycles. The van der Waals surface area contributed by atoms with E-state index in [1.54, 1.807) is 0 Å². The van der Waals surface area contributed by atoms with Crippen LogP contribution in [0.2, 0.25) is 0 Å². The predicted octanol–water partition coefficient (Wildman–Crippen LogP) is 20.0. The van der Waals surface area contributed by atoms with Crippen molar-refractivity contribution in [3.05, 3.63) is 235 Å². The van der Waals surface area contributed by atoms with Crippen molar-refractivity contribution in [1.82, 2.24) is 14.1 Å². The molecule has 81 heavy (non-hydrogen) atoms. The highest BCUT2D eigenvalue weighted by Gasteiger charge is 2.34. The molecule has 0 saturated carbocycles. The molecule has 0 fully saturated rings. The number of benzene rings is 9. The van der Waals surface area contributed by atoms with Gasteiger partial charge in [-0.05, 0) is 156 Å². The molecule has 12 aromatic rings. The maximum atomic E-state index is 6.99. The van der Waals surface area contributed by atoms with E-state index in [0.29, 0.717) is 0 Å². The van der Waals surface area contributed by atoms with Crippen LogP contribution in [-0.2, 0) is 21.7 Å². The Bertz CT molecular complexity index is 4430. The average Bonchev–Trinajstić information content (AvgIpc) is 3.82. The molecule has 13 rings (SSSR count). The summed E-state index contributed by atoms with van der Waals surface area (Å²) in [6.07, 6.45) is 4.26. The van der Waals surface area contributed by atoms with Gasteiger partial charge in [0.05, 0.1) is 11.0 Å². The zero-order valence-corrected chi connectivity index (χ0v) is 48.9. The van der Waals surface area contributed by atoms with Crippen molar-refractivity contribution >= 4 is 32.8 Å². The van der Waals surface area contributed by atoms with Gasteiger partial charge in [-0.15, -0.1) is 0 Å². The Hall–Kier alpha value is -8.80. The number of fused-ring (bicyclic) bond motifs is 10. The lowest BCUT2D eigenvalue weighted by atomic mass is 9.77. The lowest BCUT2D eigenvalue weighted by molar-refractivity contribution is -0.566. The first kappa shape index (κ1) is 51.6. The topological polar surface area (TPSA) is 35.9 Å². The summed E-state index contributed by atoms with van der Waals surface area (Å²) in [4.78, 5) is 4.95. The van der Waals surface area contributed by atoms with Crippen LogP contribution in [0.15, 0.2) is 213 Å². The second kappa shape index (κ2) is 18.9. The summed E-state index contributed by atoms with van der Waals surface area (Å²) in [5.41, 5.74) is 23.2. The van der Waals surface area contributed by atoms with E-state index in [2.05, 4.69) is 303 Å². The number of para-hydroxylation sites is 2. The Balaban J connectivity index is 1.06. The highest BCUT2D eigenvalue weighted by molar-refractivity contribution is 6.09. The van der Waals surface area contributed by atoms with E-state index in [1.165, 1.54) is 77.7 Å². The molecule has 5 heteroatoms. The molecule has 0 unspecified atom stereocenters. The normalized spacial score (nSPS) is 12.7. The van der Waals surface area contributed by atoms with Crippen LogP contribution in [-0.4, -0.2) is 14.1 Å². The standard InChI is InChI=1S/C76H71N4O/c1-73(2,3)51-36-37-77-70(44-51)80-67-30-19-18-28-61(67)62-35-33-57(46-69(62)80)81-56-25-20-24-55(45-56)78-47-79-71-64(50-38-52(74(4,5)6)41-53(39-50)75(7,8)9)42-54(76(10,11)12)43-66(71)59-27-17-16-26-58(59)65-40-49(48-22-14-13-15-23-48)32-34-60(65)63-29-21-31-68(78)72(63)79/h13-47H,1-12H3/q+1. The van der Waals surface area contributed by atoms with Crippen molar-refractivity contribution in [2.75, 3.05) is 0 Å². The van der Waals surface area contributed by atoms with E-state index in [9.17, 15) is 0 Å². The Morgan fingerprint density at radius 3 is 1.69 bits per heavy atom. The number of aromatic nitrogens is 4. The minimum atomic E-state index is -0.163. The van der Waals surface area contributed by atoms with Gasteiger partial charge < -0.3 is 4.74 Å². The lowest BCUT2D eigenvalue weighted by Crippen LogP contribution is -2.32. The zero-order valence-electron chi connectivity index (χ0n) is 48.9. The van der Waals surface area contributed by atoms with Gasteiger partial charge in [-0.3, -0.25) is 4.57 Å².